The highest BCUT2D eigenvalue weighted by molar-refractivity contribution is 5.40. The Hall–Kier alpha value is -1.84. The largest absolute Gasteiger partial charge is 0.457 e. The van der Waals surface area contributed by atoms with Crippen molar-refractivity contribution in [3.05, 3.63) is 59.7 Å². The summed E-state index contributed by atoms with van der Waals surface area (Å²) in [6.07, 6.45) is 0. The second-order valence-electron chi connectivity index (χ2n) is 4.51. The maximum absolute atomic E-state index is 5.95. The zero-order valence-corrected chi connectivity index (χ0v) is 11.3. The number of nitrogens with two attached hydrogens (primary N) is 1. The van der Waals surface area contributed by atoms with Crippen LogP contribution in [0, 0.1) is 0 Å². The summed E-state index contributed by atoms with van der Waals surface area (Å²) < 4.78 is 11.0. The molecule has 0 amide bonds. The summed E-state index contributed by atoms with van der Waals surface area (Å²) in [7, 11) is 1.68. The van der Waals surface area contributed by atoms with Crippen LogP contribution in [-0.2, 0) is 11.3 Å². The van der Waals surface area contributed by atoms with Crippen LogP contribution in [-0.4, -0.2) is 7.11 Å². The molecule has 3 heteroatoms. The highest BCUT2D eigenvalue weighted by Gasteiger charge is 2.08. The number of hydrogen-bond donors (Lipinski definition) is 1. The molecule has 0 spiro atoms. The van der Waals surface area contributed by atoms with Crippen LogP contribution in [0.4, 0.5) is 0 Å². The fourth-order valence-electron chi connectivity index (χ4n) is 1.94. The molecule has 0 aliphatic rings. The lowest BCUT2D eigenvalue weighted by Crippen LogP contribution is -2.06. The fourth-order valence-corrected chi connectivity index (χ4v) is 1.94. The van der Waals surface area contributed by atoms with Crippen LogP contribution in [0.3, 0.4) is 0 Å². The molecule has 2 aromatic rings. The Morgan fingerprint density at radius 3 is 2.63 bits per heavy atom. The molecule has 0 aliphatic heterocycles. The Morgan fingerprint density at radius 2 is 1.89 bits per heavy atom. The molecule has 0 radical (unpaired) electrons. The number of para-hydroxylation sites is 1. The maximum Gasteiger partial charge on any atom is 0.132 e. The van der Waals surface area contributed by atoms with Gasteiger partial charge in [0, 0.05) is 18.7 Å². The second kappa shape index (κ2) is 6.36. The molecule has 2 aromatic carbocycles. The molecule has 19 heavy (non-hydrogen) atoms. The van der Waals surface area contributed by atoms with E-state index in [1.807, 2.05) is 55.5 Å². The lowest BCUT2D eigenvalue weighted by Gasteiger charge is -2.14. The quantitative estimate of drug-likeness (QED) is 0.889. The molecule has 0 aromatic heterocycles. The monoisotopic (exact) mass is 257 g/mol. The summed E-state index contributed by atoms with van der Waals surface area (Å²) in [6.45, 7) is 2.52. The first-order valence-electron chi connectivity index (χ1n) is 6.31. The van der Waals surface area contributed by atoms with Gasteiger partial charge >= 0.3 is 0 Å². The molecule has 0 bridgehead atoms. The van der Waals surface area contributed by atoms with Crippen LogP contribution < -0.4 is 10.5 Å². The molecule has 2 rings (SSSR count). The molecule has 0 saturated heterocycles. The van der Waals surface area contributed by atoms with Crippen molar-refractivity contribution in [3.8, 4) is 11.5 Å². The Morgan fingerprint density at radius 1 is 1.11 bits per heavy atom. The zero-order valence-electron chi connectivity index (χ0n) is 11.3. The molecule has 0 unspecified atom stereocenters. The molecule has 2 N–H and O–H groups in total. The van der Waals surface area contributed by atoms with Crippen molar-refractivity contribution in [1.82, 2.24) is 0 Å². The van der Waals surface area contributed by atoms with Crippen molar-refractivity contribution >= 4 is 0 Å². The van der Waals surface area contributed by atoms with Gasteiger partial charge in [0.05, 0.1) is 6.61 Å². The SMILES string of the molecule is COCc1cccc(Oc2ccccc2[C@H](C)N)c1. The first-order chi connectivity index (χ1) is 9.20. The van der Waals surface area contributed by atoms with Crippen LogP contribution >= 0.6 is 0 Å². The van der Waals surface area contributed by atoms with E-state index in [0.29, 0.717) is 6.61 Å². The van der Waals surface area contributed by atoms with E-state index < -0.39 is 0 Å². The van der Waals surface area contributed by atoms with E-state index in [1.165, 1.54) is 0 Å². The van der Waals surface area contributed by atoms with E-state index in [1.54, 1.807) is 7.11 Å². The molecule has 1 atom stereocenters. The van der Waals surface area contributed by atoms with Crippen molar-refractivity contribution in [3.63, 3.8) is 0 Å². The Kier molecular flexibility index (Phi) is 4.55. The van der Waals surface area contributed by atoms with E-state index in [-0.39, 0.29) is 6.04 Å². The minimum Gasteiger partial charge on any atom is -0.457 e. The van der Waals surface area contributed by atoms with Gasteiger partial charge in [-0.25, -0.2) is 0 Å². The van der Waals surface area contributed by atoms with Gasteiger partial charge in [-0.2, -0.15) is 0 Å². The summed E-state index contributed by atoms with van der Waals surface area (Å²) >= 11 is 0. The fraction of sp³-hybridized carbons (Fsp3) is 0.250. The van der Waals surface area contributed by atoms with Crippen LogP contribution in [0.2, 0.25) is 0 Å². The van der Waals surface area contributed by atoms with E-state index in [2.05, 4.69) is 0 Å². The second-order valence-corrected chi connectivity index (χ2v) is 4.51. The lowest BCUT2D eigenvalue weighted by molar-refractivity contribution is 0.184. The minimum atomic E-state index is -0.0571. The standard InChI is InChI=1S/C16H19NO2/c1-12(17)15-8-3-4-9-16(15)19-14-7-5-6-13(10-14)11-18-2/h3-10,12H,11,17H2,1-2H3/t12-/m0/s1. The number of methoxy groups -OCH3 is 1. The molecular formula is C16H19NO2. The molecule has 100 valence electrons. The van der Waals surface area contributed by atoms with Crippen molar-refractivity contribution in [2.24, 2.45) is 5.73 Å². The van der Waals surface area contributed by atoms with E-state index in [0.717, 1.165) is 22.6 Å². The predicted molar refractivity (Wildman–Crippen MR) is 76.3 cm³/mol. The molecule has 3 nitrogen and oxygen atoms in total. The maximum atomic E-state index is 5.95. The first kappa shape index (κ1) is 13.6. The van der Waals surface area contributed by atoms with Crippen molar-refractivity contribution in [1.29, 1.82) is 0 Å². The molecule has 0 saturated carbocycles. The third-order valence-electron chi connectivity index (χ3n) is 2.85. The zero-order chi connectivity index (χ0) is 13.7. The summed E-state index contributed by atoms with van der Waals surface area (Å²) in [5.74, 6) is 1.59. The van der Waals surface area contributed by atoms with Crippen LogP contribution in [0.25, 0.3) is 0 Å². The smallest absolute Gasteiger partial charge is 0.132 e. The van der Waals surface area contributed by atoms with Gasteiger partial charge in [0.25, 0.3) is 0 Å². The summed E-state index contributed by atoms with van der Waals surface area (Å²) in [6, 6.07) is 15.6. The first-order valence-corrected chi connectivity index (χ1v) is 6.31. The Labute approximate surface area is 114 Å². The molecule has 0 fully saturated rings. The lowest BCUT2D eigenvalue weighted by atomic mass is 10.1. The van der Waals surface area contributed by atoms with Crippen molar-refractivity contribution in [2.75, 3.05) is 7.11 Å². The highest BCUT2D eigenvalue weighted by Crippen LogP contribution is 2.28. The van der Waals surface area contributed by atoms with Gasteiger partial charge in [-0.1, -0.05) is 30.3 Å². The van der Waals surface area contributed by atoms with Gasteiger partial charge in [0.15, 0.2) is 0 Å². The topological polar surface area (TPSA) is 44.5 Å². The van der Waals surface area contributed by atoms with Gasteiger partial charge in [-0.3, -0.25) is 0 Å². The van der Waals surface area contributed by atoms with Gasteiger partial charge in [0.2, 0.25) is 0 Å². The van der Waals surface area contributed by atoms with Gasteiger partial charge < -0.3 is 15.2 Å². The number of ether oxygens (including phenoxy) is 2. The predicted octanol–water partition coefficient (Wildman–Crippen LogP) is 3.65. The van der Waals surface area contributed by atoms with Crippen molar-refractivity contribution < 1.29 is 9.47 Å². The van der Waals surface area contributed by atoms with Crippen LogP contribution in [0.15, 0.2) is 48.5 Å². The van der Waals surface area contributed by atoms with E-state index >= 15 is 0 Å². The van der Waals surface area contributed by atoms with Crippen LogP contribution in [0.5, 0.6) is 11.5 Å². The molecule has 0 heterocycles. The number of benzene rings is 2. The summed E-state index contributed by atoms with van der Waals surface area (Å²) in [5.41, 5.74) is 8.03. The minimum absolute atomic E-state index is 0.0571. The molecule has 0 aliphatic carbocycles. The Balaban J connectivity index is 2.23. The van der Waals surface area contributed by atoms with Crippen LogP contribution in [0.1, 0.15) is 24.1 Å². The van der Waals surface area contributed by atoms with E-state index in [9.17, 15) is 0 Å². The average molecular weight is 257 g/mol. The van der Waals surface area contributed by atoms with Gasteiger partial charge in [-0.05, 0) is 30.7 Å². The van der Waals surface area contributed by atoms with Crippen molar-refractivity contribution in [2.45, 2.75) is 19.6 Å². The number of rotatable bonds is 5. The van der Waals surface area contributed by atoms with Gasteiger partial charge in [0.1, 0.15) is 11.5 Å². The number of hydrogen-bond acceptors (Lipinski definition) is 3. The van der Waals surface area contributed by atoms with Gasteiger partial charge in [-0.15, -0.1) is 0 Å². The summed E-state index contributed by atoms with van der Waals surface area (Å²) in [5, 5.41) is 0. The highest BCUT2D eigenvalue weighted by atomic mass is 16.5. The third kappa shape index (κ3) is 3.56. The Bertz CT molecular complexity index is 538. The third-order valence-corrected chi connectivity index (χ3v) is 2.85. The summed E-state index contributed by atoms with van der Waals surface area (Å²) in [4.78, 5) is 0. The average Bonchev–Trinajstić information content (AvgIpc) is 2.40. The normalized spacial score (nSPS) is 12.2. The molecular weight excluding hydrogens is 238 g/mol. The van der Waals surface area contributed by atoms with E-state index in [4.69, 9.17) is 15.2 Å².